The first-order chi connectivity index (χ1) is 13.3. The normalized spacial score (nSPS) is 11.1. The number of thiophene rings is 1. The van der Waals surface area contributed by atoms with Crippen molar-refractivity contribution < 1.29 is 31.9 Å². The van der Waals surface area contributed by atoms with Gasteiger partial charge < -0.3 is 14.5 Å². The topological polar surface area (TPSA) is 93.5 Å². The summed E-state index contributed by atoms with van der Waals surface area (Å²) in [5, 5.41) is 8.35. The molecule has 11 heteroatoms. The molecule has 2 aromatic heterocycles. The van der Waals surface area contributed by atoms with E-state index in [0.717, 1.165) is 18.4 Å². The SMILES string of the molecule is O=C(Nc1nc(C(=O)NCc2ccc(OC(F)(F)F)cc2)co1)c1ccsc1. The van der Waals surface area contributed by atoms with Crippen molar-refractivity contribution in [2.24, 2.45) is 0 Å². The van der Waals surface area contributed by atoms with Gasteiger partial charge >= 0.3 is 12.4 Å². The third-order valence-electron chi connectivity index (χ3n) is 3.35. The van der Waals surface area contributed by atoms with Crippen molar-refractivity contribution in [1.82, 2.24) is 10.3 Å². The molecule has 0 aliphatic rings. The standard InChI is InChI=1S/C17H12F3N3O4S/c18-17(19,20)27-12-3-1-10(2-4-12)7-21-15(25)13-8-26-16(22-13)23-14(24)11-5-6-28-9-11/h1-6,8-9H,7H2,(H,21,25)(H,22,23,24). The lowest BCUT2D eigenvalue weighted by molar-refractivity contribution is -0.274. The minimum absolute atomic E-state index is 0.0502. The Labute approximate surface area is 160 Å². The number of amides is 2. The smallest absolute Gasteiger partial charge is 0.431 e. The highest BCUT2D eigenvalue weighted by Gasteiger charge is 2.30. The van der Waals surface area contributed by atoms with Crippen molar-refractivity contribution in [3.05, 3.63) is 64.2 Å². The highest BCUT2D eigenvalue weighted by Crippen LogP contribution is 2.22. The van der Waals surface area contributed by atoms with Gasteiger partial charge in [-0.1, -0.05) is 12.1 Å². The zero-order valence-electron chi connectivity index (χ0n) is 13.9. The Bertz CT molecular complexity index is 953. The van der Waals surface area contributed by atoms with E-state index in [1.165, 1.54) is 23.5 Å². The van der Waals surface area contributed by atoms with Crippen LogP contribution in [0.5, 0.6) is 5.75 Å². The van der Waals surface area contributed by atoms with Gasteiger partial charge in [0, 0.05) is 11.9 Å². The van der Waals surface area contributed by atoms with Gasteiger partial charge in [0.1, 0.15) is 12.0 Å². The van der Waals surface area contributed by atoms with Crippen LogP contribution in [0.4, 0.5) is 19.2 Å². The molecule has 0 atom stereocenters. The molecule has 2 N–H and O–H groups in total. The second kappa shape index (κ2) is 8.13. The molecule has 0 bridgehead atoms. The molecule has 146 valence electrons. The Morgan fingerprint density at radius 2 is 1.89 bits per heavy atom. The maximum absolute atomic E-state index is 12.1. The number of nitrogens with zero attached hydrogens (tertiary/aromatic N) is 1. The van der Waals surface area contributed by atoms with Gasteiger partial charge in [-0.05, 0) is 29.1 Å². The summed E-state index contributed by atoms with van der Waals surface area (Å²) in [4.78, 5) is 27.9. The fourth-order valence-corrected chi connectivity index (χ4v) is 2.72. The molecule has 0 unspecified atom stereocenters. The Morgan fingerprint density at radius 1 is 1.14 bits per heavy atom. The molecule has 0 aliphatic carbocycles. The van der Waals surface area contributed by atoms with Crippen LogP contribution in [0.1, 0.15) is 26.4 Å². The zero-order chi connectivity index (χ0) is 20.1. The van der Waals surface area contributed by atoms with E-state index in [1.807, 2.05) is 0 Å². The third-order valence-corrected chi connectivity index (χ3v) is 4.03. The van der Waals surface area contributed by atoms with E-state index in [2.05, 4.69) is 20.4 Å². The Morgan fingerprint density at radius 3 is 2.54 bits per heavy atom. The molecule has 2 heterocycles. The minimum atomic E-state index is -4.76. The second-order valence-electron chi connectivity index (χ2n) is 5.38. The molecule has 0 saturated carbocycles. The van der Waals surface area contributed by atoms with Crippen molar-refractivity contribution >= 4 is 29.2 Å². The van der Waals surface area contributed by atoms with Crippen LogP contribution in [-0.2, 0) is 6.54 Å². The number of alkyl halides is 3. The van der Waals surface area contributed by atoms with Gasteiger partial charge in [0.05, 0.1) is 5.56 Å². The molecule has 1 aromatic carbocycles. The Kier molecular flexibility index (Phi) is 5.64. The summed E-state index contributed by atoms with van der Waals surface area (Å²) in [6, 6.07) is 6.55. The largest absolute Gasteiger partial charge is 0.573 e. The molecule has 0 radical (unpaired) electrons. The summed E-state index contributed by atoms with van der Waals surface area (Å²) >= 11 is 1.36. The van der Waals surface area contributed by atoms with Crippen LogP contribution < -0.4 is 15.4 Å². The molecule has 0 spiro atoms. The van der Waals surface area contributed by atoms with E-state index in [0.29, 0.717) is 11.1 Å². The molecule has 3 rings (SSSR count). The number of aromatic nitrogens is 1. The maximum atomic E-state index is 12.1. The number of halogens is 3. The van der Waals surface area contributed by atoms with Crippen LogP contribution >= 0.6 is 11.3 Å². The first kappa shape index (κ1) is 19.4. The van der Waals surface area contributed by atoms with Gasteiger partial charge in [0.25, 0.3) is 11.8 Å². The Hall–Kier alpha value is -3.34. The van der Waals surface area contributed by atoms with Gasteiger partial charge in [-0.3, -0.25) is 14.9 Å². The van der Waals surface area contributed by atoms with E-state index in [1.54, 1.807) is 16.8 Å². The first-order valence-corrected chi connectivity index (χ1v) is 8.66. The highest BCUT2D eigenvalue weighted by atomic mass is 32.1. The third kappa shape index (κ3) is 5.33. The summed E-state index contributed by atoms with van der Waals surface area (Å²) in [5.74, 6) is -1.35. The van der Waals surface area contributed by atoms with Crippen molar-refractivity contribution in [3.63, 3.8) is 0 Å². The van der Waals surface area contributed by atoms with Crippen LogP contribution in [0.15, 0.2) is 51.8 Å². The van der Waals surface area contributed by atoms with E-state index in [4.69, 9.17) is 4.42 Å². The maximum Gasteiger partial charge on any atom is 0.573 e. The molecule has 0 aliphatic heterocycles. The summed E-state index contributed by atoms with van der Waals surface area (Å²) in [7, 11) is 0. The number of carbonyl (C=O) groups excluding carboxylic acids is 2. The quantitative estimate of drug-likeness (QED) is 0.643. The molecule has 0 saturated heterocycles. The number of hydrogen-bond donors (Lipinski definition) is 2. The first-order valence-electron chi connectivity index (χ1n) is 7.72. The fourth-order valence-electron chi connectivity index (χ4n) is 2.08. The van der Waals surface area contributed by atoms with Gasteiger partial charge in [-0.15, -0.1) is 13.2 Å². The van der Waals surface area contributed by atoms with Crippen LogP contribution in [-0.4, -0.2) is 23.2 Å². The number of hydrogen-bond acceptors (Lipinski definition) is 6. The molecule has 2 amide bonds. The number of carbonyl (C=O) groups is 2. The lowest BCUT2D eigenvalue weighted by Crippen LogP contribution is -2.23. The van der Waals surface area contributed by atoms with Crippen molar-refractivity contribution in [2.75, 3.05) is 5.32 Å². The lowest BCUT2D eigenvalue weighted by Gasteiger charge is -2.09. The summed E-state index contributed by atoms with van der Waals surface area (Å²) < 4.78 is 45.2. The molecular formula is C17H12F3N3O4S. The van der Waals surface area contributed by atoms with Crippen LogP contribution in [0, 0.1) is 0 Å². The fraction of sp³-hybridized carbons (Fsp3) is 0.118. The summed E-state index contributed by atoms with van der Waals surface area (Å²) in [5.41, 5.74) is 0.933. The molecule has 28 heavy (non-hydrogen) atoms. The Balaban J connectivity index is 1.52. The van der Waals surface area contributed by atoms with Gasteiger partial charge in [0.15, 0.2) is 5.69 Å². The molecule has 7 nitrogen and oxygen atoms in total. The number of rotatable bonds is 6. The van der Waals surface area contributed by atoms with E-state index in [-0.39, 0.29) is 24.0 Å². The van der Waals surface area contributed by atoms with Gasteiger partial charge in [-0.25, -0.2) is 0 Å². The van der Waals surface area contributed by atoms with Crippen molar-refractivity contribution in [1.29, 1.82) is 0 Å². The number of benzene rings is 1. The summed E-state index contributed by atoms with van der Waals surface area (Å²) in [6.07, 6.45) is -3.68. The van der Waals surface area contributed by atoms with Gasteiger partial charge in [-0.2, -0.15) is 16.3 Å². The molecular weight excluding hydrogens is 399 g/mol. The molecule has 0 fully saturated rings. The predicted molar refractivity (Wildman–Crippen MR) is 93.1 cm³/mol. The van der Waals surface area contributed by atoms with Crippen LogP contribution in [0.25, 0.3) is 0 Å². The van der Waals surface area contributed by atoms with Crippen molar-refractivity contribution in [3.8, 4) is 5.75 Å². The van der Waals surface area contributed by atoms with E-state index in [9.17, 15) is 22.8 Å². The van der Waals surface area contributed by atoms with Crippen molar-refractivity contribution in [2.45, 2.75) is 12.9 Å². The average molecular weight is 411 g/mol. The predicted octanol–water partition coefficient (Wildman–Crippen LogP) is 3.82. The highest BCUT2D eigenvalue weighted by molar-refractivity contribution is 7.08. The minimum Gasteiger partial charge on any atom is -0.431 e. The number of ether oxygens (including phenoxy) is 1. The monoisotopic (exact) mass is 411 g/mol. The lowest BCUT2D eigenvalue weighted by atomic mass is 10.2. The summed E-state index contributed by atoms with van der Waals surface area (Å²) in [6.45, 7) is 0.0502. The average Bonchev–Trinajstić information content (AvgIpc) is 3.31. The van der Waals surface area contributed by atoms with E-state index >= 15 is 0 Å². The second-order valence-corrected chi connectivity index (χ2v) is 6.16. The van der Waals surface area contributed by atoms with Crippen LogP contribution in [0.2, 0.25) is 0 Å². The number of anilines is 1. The van der Waals surface area contributed by atoms with E-state index < -0.39 is 18.2 Å². The number of oxazole rings is 1. The number of nitrogens with one attached hydrogen (secondary N) is 2. The van der Waals surface area contributed by atoms with Crippen LogP contribution in [0.3, 0.4) is 0 Å². The molecule has 3 aromatic rings. The van der Waals surface area contributed by atoms with Gasteiger partial charge in [0.2, 0.25) is 0 Å². The zero-order valence-corrected chi connectivity index (χ0v) is 14.8.